The molecule has 6 unspecified atom stereocenters. The number of hydrogen-bond donors (Lipinski definition) is 2. The summed E-state index contributed by atoms with van der Waals surface area (Å²) in [4.78, 5) is 13.1. The standard InChI is InChI=1S/C30H35N2O4P/c1-18-16-19(2)29(20(3)17-18)30-25-14-12-23(31-25)21-8-4-6-10-27(21)35-37(33,34)36-28-11-7-5-9-22(28)24-13-15-26(30)32-24/h4-11,16-17,23-26,30-32H,12-15H2,1-3H3,(H,33,34). The molecule has 3 heterocycles. The van der Waals surface area contributed by atoms with Crippen molar-refractivity contribution in [3.05, 3.63) is 94.0 Å². The van der Waals surface area contributed by atoms with Crippen molar-refractivity contribution in [1.29, 1.82) is 0 Å². The molecule has 0 spiro atoms. The summed E-state index contributed by atoms with van der Waals surface area (Å²) < 4.78 is 24.3. The second-order valence-corrected chi connectivity index (χ2v) is 12.2. The molecule has 3 aromatic carbocycles. The number of phosphoric acid groups is 1. The summed E-state index contributed by atoms with van der Waals surface area (Å²) in [5.41, 5.74) is 7.22. The topological polar surface area (TPSA) is 87.2 Å². The average molecular weight is 519 g/mol. The van der Waals surface area contributed by atoms with Crippen LogP contribution in [0.1, 0.15) is 77.1 Å². The molecule has 0 amide bonds. The van der Waals surface area contributed by atoms with E-state index in [1.807, 2.05) is 30.3 Å². The van der Waals surface area contributed by atoms with Crippen molar-refractivity contribution in [1.82, 2.24) is 5.32 Å². The van der Waals surface area contributed by atoms with Crippen LogP contribution in [0, 0.1) is 20.8 Å². The number of phosphoric ester groups is 1. The van der Waals surface area contributed by atoms with Crippen LogP contribution in [0.2, 0.25) is 0 Å². The predicted octanol–water partition coefficient (Wildman–Crippen LogP) is 4.90. The molecule has 3 aliphatic rings. The zero-order valence-corrected chi connectivity index (χ0v) is 22.5. The highest BCUT2D eigenvalue weighted by molar-refractivity contribution is 7.46. The van der Waals surface area contributed by atoms with Crippen LogP contribution in [0.5, 0.6) is 11.5 Å². The molecule has 37 heavy (non-hydrogen) atoms. The molecular weight excluding hydrogens is 483 g/mol. The summed E-state index contributed by atoms with van der Waals surface area (Å²) in [5, 5.41) is 6.37. The van der Waals surface area contributed by atoms with E-state index < -0.39 is 7.82 Å². The van der Waals surface area contributed by atoms with Crippen molar-refractivity contribution in [3.8, 4) is 11.5 Å². The Bertz CT molecular complexity index is 1280. The fourth-order valence-electron chi connectivity index (χ4n) is 7.13. The molecule has 194 valence electrons. The van der Waals surface area contributed by atoms with Gasteiger partial charge < -0.3 is 24.6 Å². The zero-order chi connectivity index (χ0) is 25.7. The minimum absolute atomic E-state index is 0.0159. The van der Waals surface area contributed by atoms with Gasteiger partial charge in [-0.3, -0.25) is 0 Å². The second kappa shape index (κ2) is 9.59. The van der Waals surface area contributed by atoms with Crippen molar-refractivity contribution in [2.45, 2.75) is 76.5 Å². The molecule has 6 atom stereocenters. The van der Waals surface area contributed by atoms with Crippen molar-refractivity contribution < 1.29 is 23.8 Å². The third-order valence-electron chi connectivity index (χ3n) is 8.47. The van der Waals surface area contributed by atoms with E-state index in [-0.39, 0.29) is 18.1 Å². The minimum Gasteiger partial charge on any atom is -0.736 e. The van der Waals surface area contributed by atoms with Gasteiger partial charge in [0, 0.05) is 30.5 Å². The molecule has 4 bridgehead atoms. The van der Waals surface area contributed by atoms with Gasteiger partial charge in [0.1, 0.15) is 17.5 Å². The van der Waals surface area contributed by atoms with Crippen LogP contribution in [0.3, 0.4) is 0 Å². The van der Waals surface area contributed by atoms with Crippen LogP contribution in [0.15, 0.2) is 60.7 Å². The number of hydrogen-bond acceptors (Lipinski definition) is 5. The molecule has 3 aliphatic heterocycles. The van der Waals surface area contributed by atoms with Crippen molar-refractivity contribution in [2.24, 2.45) is 0 Å². The summed E-state index contributed by atoms with van der Waals surface area (Å²) in [6.45, 7) is 6.66. The van der Waals surface area contributed by atoms with E-state index in [9.17, 15) is 9.46 Å². The quantitative estimate of drug-likeness (QED) is 0.448. The van der Waals surface area contributed by atoms with Gasteiger partial charge in [0.25, 0.3) is 0 Å². The van der Waals surface area contributed by atoms with E-state index in [4.69, 9.17) is 9.05 Å². The van der Waals surface area contributed by atoms with Crippen LogP contribution < -0.4 is 24.6 Å². The first-order chi connectivity index (χ1) is 17.8. The normalized spacial score (nSPS) is 31.0. The molecule has 7 heteroatoms. The zero-order valence-electron chi connectivity index (χ0n) is 21.6. The number of benzene rings is 3. The molecule has 6 nitrogen and oxygen atoms in total. The monoisotopic (exact) mass is 518 g/mol. The molecule has 3 N–H and O–H groups in total. The highest BCUT2D eigenvalue weighted by Gasteiger charge is 2.44. The molecule has 2 fully saturated rings. The fourth-order valence-corrected chi connectivity index (χ4v) is 7.98. The van der Waals surface area contributed by atoms with Gasteiger partial charge in [-0.05, 0) is 68.5 Å². The van der Waals surface area contributed by atoms with Crippen LogP contribution in [0.4, 0.5) is 0 Å². The lowest BCUT2D eigenvalue weighted by molar-refractivity contribution is -0.710. The first kappa shape index (κ1) is 24.7. The summed E-state index contributed by atoms with van der Waals surface area (Å²) in [6, 6.07) is 20.3. The first-order valence-electron chi connectivity index (χ1n) is 13.4. The number of nitrogens with two attached hydrogens (primary N) is 1. The smallest absolute Gasteiger partial charge is 0.372 e. The van der Waals surface area contributed by atoms with Crippen molar-refractivity contribution in [3.63, 3.8) is 0 Å². The number of aryl methyl sites for hydroxylation is 3. The number of rotatable bonds is 1. The SMILES string of the molecule is Cc1cc(C)c(C2C3CCC(N3)c3ccccc3OP(=O)([O-])Oc3ccccc3C3CCC2[NH2+]3)c(C)c1. The van der Waals surface area contributed by atoms with Crippen LogP contribution in [-0.4, -0.2) is 12.1 Å². The lowest BCUT2D eigenvalue weighted by atomic mass is 9.79. The maximum absolute atomic E-state index is 13.1. The Hall–Kier alpha value is -2.63. The van der Waals surface area contributed by atoms with Gasteiger partial charge in [0.15, 0.2) is 0 Å². The van der Waals surface area contributed by atoms with E-state index in [2.05, 4.69) is 43.5 Å². The number of quaternary nitrogens is 1. The maximum Gasteiger partial charge on any atom is 0.372 e. The first-order valence-corrected chi connectivity index (χ1v) is 14.8. The van der Waals surface area contributed by atoms with Gasteiger partial charge in [-0.1, -0.05) is 48.0 Å². The largest absolute Gasteiger partial charge is 0.736 e. The van der Waals surface area contributed by atoms with Crippen LogP contribution in [-0.2, 0) is 4.57 Å². The van der Waals surface area contributed by atoms with Crippen LogP contribution in [0.25, 0.3) is 0 Å². The lowest BCUT2D eigenvalue weighted by Crippen LogP contribution is -2.89. The number of nitrogens with one attached hydrogen (secondary N) is 1. The van der Waals surface area contributed by atoms with Gasteiger partial charge in [0.2, 0.25) is 0 Å². The Balaban J connectivity index is 1.48. The van der Waals surface area contributed by atoms with Gasteiger partial charge >= 0.3 is 7.82 Å². The van der Waals surface area contributed by atoms with Gasteiger partial charge in [-0.2, -0.15) is 0 Å². The number of para-hydroxylation sites is 2. The third kappa shape index (κ3) is 4.72. The van der Waals surface area contributed by atoms with Gasteiger partial charge in [0.05, 0.1) is 17.5 Å². The fraction of sp³-hybridized carbons (Fsp3) is 0.400. The Labute approximate surface area is 219 Å². The summed E-state index contributed by atoms with van der Waals surface area (Å²) >= 11 is 0. The molecule has 6 rings (SSSR count). The molecule has 0 saturated carbocycles. The van der Waals surface area contributed by atoms with Crippen LogP contribution >= 0.6 is 7.82 Å². The second-order valence-electron chi connectivity index (χ2n) is 11.0. The summed E-state index contributed by atoms with van der Waals surface area (Å²) in [5.74, 6) is 1.03. The van der Waals surface area contributed by atoms with E-state index in [0.717, 1.165) is 36.8 Å². The Morgan fingerprint density at radius 1 is 0.865 bits per heavy atom. The highest BCUT2D eigenvalue weighted by atomic mass is 31.2. The number of fused-ring (bicyclic) bond motifs is 8. The highest BCUT2D eigenvalue weighted by Crippen LogP contribution is 2.48. The third-order valence-corrected chi connectivity index (χ3v) is 9.31. The van der Waals surface area contributed by atoms with Crippen molar-refractivity contribution >= 4 is 7.82 Å². The molecule has 0 aliphatic carbocycles. The van der Waals surface area contributed by atoms with E-state index in [1.165, 1.54) is 22.3 Å². The molecule has 3 aromatic rings. The van der Waals surface area contributed by atoms with Crippen molar-refractivity contribution in [2.75, 3.05) is 0 Å². The van der Waals surface area contributed by atoms with Gasteiger partial charge in [-0.15, -0.1) is 0 Å². The van der Waals surface area contributed by atoms with E-state index in [1.54, 1.807) is 18.2 Å². The molecule has 2 saturated heterocycles. The predicted molar refractivity (Wildman–Crippen MR) is 142 cm³/mol. The molecular formula is C30H35N2O4P. The van der Waals surface area contributed by atoms with E-state index in [0.29, 0.717) is 23.5 Å². The Morgan fingerprint density at radius 3 is 2.19 bits per heavy atom. The summed E-state index contributed by atoms with van der Waals surface area (Å²) in [7, 11) is -4.64. The summed E-state index contributed by atoms with van der Waals surface area (Å²) in [6.07, 6.45) is 3.96. The maximum atomic E-state index is 13.1. The average Bonchev–Trinajstić information content (AvgIpc) is 3.51. The minimum atomic E-state index is -4.64. The van der Waals surface area contributed by atoms with Gasteiger partial charge in [-0.25, -0.2) is 4.57 Å². The molecule has 0 aromatic heterocycles. The Kier molecular flexibility index (Phi) is 6.40. The van der Waals surface area contributed by atoms with E-state index >= 15 is 0 Å². The molecule has 0 radical (unpaired) electrons. The Morgan fingerprint density at radius 2 is 1.49 bits per heavy atom. The lowest BCUT2D eigenvalue weighted by Gasteiger charge is -2.33.